The summed E-state index contributed by atoms with van der Waals surface area (Å²) in [4.78, 5) is 24.1. The molecule has 0 bridgehead atoms. The van der Waals surface area contributed by atoms with E-state index in [9.17, 15) is 9.59 Å². The largest absolute Gasteiger partial charge is 0.326 e. The maximum atomic E-state index is 12.1. The lowest BCUT2D eigenvalue weighted by Gasteiger charge is -2.11. The third-order valence-corrected chi connectivity index (χ3v) is 6.03. The first-order valence-electron chi connectivity index (χ1n) is 8.66. The summed E-state index contributed by atoms with van der Waals surface area (Å²) in [6.45, 7) is 3.94. The number of aryl methyl sites for hydroxylation is 2. The molecule has 2 N–H and O–H groups in total. The van der Waals surface area contributed by atoms with Crippen LogP contribution in [0.15, 0.2) is 30.3 Å². The maximum absolute atomic E-state index is 12.1. The van der Waals surface area contributed by atoms with Crippen LogP contribution < -0.4 is 10.6 Å². The van der Waals surface area contributed by atoms with Crippen molar-refractivity contribution >= 4 is 69.8 Å². The second kappa shape index (κ2) is 11.0. The summed E-state index contributed by atoms with van der Waals surface area (Å²) in [5, 5.41) is 6.65. The van der Waals surface area contributed by atoms with E-state index < -0.39 is 0 Å². The second-order valence-corrected chi connectivity index (χ2v) is 8.59. The van der Waals surface area contributed by atoms with Crippen LogP contribution in [0.2, 0.25) is 15.1 Å². The Morgan fingerprint density at radius 1 is 0.929 bits per heavy atom. The van der Waals surface area contributed by atoms with Crippen LogP contribution in [0.25, 0.3) is 0 Å². The van der Waals surface area contributed by atoms with Gasteiger partial charge in [0.1, 0.15) is 0 Å². The maximum Gasteiger partial charge on any atom is 0.234 e. The Hall–Kier alpha value is -1.40. The fourth-order valence-electron chi connectivity index (χ4n) is 2.52. The highest BCUT2D eigenvalue weighted by Crippen LogP contribution is 2.32. The Morgan fingerprint density at radius 3 is 2.25 bits per heavy atom. The Kier molecular flexibility index (Phi) is 8.96. The van der Waals surface area contributed by atoms with E-state index in [1.54, 1.807) is 0 Å². The molecule has 2 rings (SSSR count). The van der Waals surface area contributed by atoms with Crippen molar-refractivity contribution in [2.24, 2.45) is 0 Å². The molecule has 0 saturated heterocycles. The highest BCUT2D eigenvalue weighted by atomic mass is 35.5. The molecule has 0 spiro atoms. The highest BCUT2D eigenvalue weighted by Gasteiger charge is 2.10. The molecule has 0 aliphatic rings. The van der Waals surface area contributed by atoms with Gasteiger partial charge < -0.3 is 10.6 Å². The van der Waals surface area contributed by atoms with Gasteiger partial charge in [-0.2, -0.15) is 11.8 Å². The minimum atomic E-state index is -0.190. The van der Waals surface area contributed by atoms with Gasteiger partial charge in [0.05, 0.1) is 26.5 Å². The average Bonchev–Trinajstić information content (AvgIpc) is 2.62. The highest BCUT2D eigenvalue weighted by molar-refractivity contribution is 7.99. The lowest BCUT2D eigenvalue weighted by Crippen LogP contribution is -2.15. The first-order chi connectivity index (χ1) is 13.3. The molecule has 0 aliphatic carbocycles. The molecule has 0 saturated carbocycles. The topological polar surface area (TPSA) is 58.2 Å². The molecule has 0 atom stereocenters. The number of halogens is 3. The van der Waals surface area contributed by atoms with Crippen LogP contribution in [0.3, 0.4) is 0 Å². The molecule has 0 aliphatic heterocycles. The van der Waals surface area contributed by atoms with E-state index in [0.29, 0.717) is 39.3 Å². The van der Waals surface area contributed by atoms with Crippen LogP contribution in [0, 0.1) is 13.8 Å². The van der Waals surface area contributed by atoms with Crippen LogP contribution in [-0.2, 0) is 9.59 Å². The number of nitrogens with one attached hydrogen (secondary N) is 2. The molecule has 0 unspecified atom stereocenters. The molecular formula is C20H21Cl3N2O2S. The molecule has 2 aromatic rings. The second-order valence-electron chi connectivity index (χ2n) is 6.27. The monoisotopic (exact) mass is 458 g/mol. The quantitative estimate of drug-likeness (QED) is 0.357. The zero-order chi connectivity index (χ0) is 20.7. The van der Waals surface area contributed by atoms with E-state index in [4.69, 9.17) is 34.8 Å². The Bertz CT molecular complexity index is 855. The average molecular weight is 460 g/mol. The summed E-state index contributed by atoms with van der Waals surface area (Å²) in [7, 11) is 0. The third-order valence-electron chi connectivity index (χ3n) is 3.96. The molecule has 8 heteroatoms. The predicted octanol–water partition coefficient (Wildman–Crippen LogP) is 6.35. The summed E-state index contributed by atoms with van der Waals surface area (Å²) in [6, 6.07) is 8.91. The molecule has 0 aromatic heterocycles. The SMILES string of the molecule is Cc1cccc(C)c1NC(=O)CCCSCC(=O)Nc1cc(Cl)c(Cl)cc1Cl. The van der Waals surface area contributed by atoms with Gasteiger partial charge in [0.25, 0.3) is 0 Å². The van der Waals surface area contributed by atoms with E-state index >= 15 is 0 Å². The minimum Gasteiger partial charge on any atom is -0.326 e. The summed E-state index contributed by atoms with van der Waals surface area (Å²) in [6.07, 6.45) is 1.09. The summed E-state index contributed by atoms with van der Waals surface area (Å²) in [5.74, 6) is 0.743. The Morgan fingerprint density at radius 2 is 1.57 bits per heavy atom. The lowest BCUT2D eigenvalue weighted by molar-refractivity contribution is -0.116. The number of benzene rings is 2. The number of anilines is 2. The van der Waals surface area contributed by atoms with Gasteiger partial charge in [-0.25, -0.2) is 0 Å². The van der Waals surface area contributed by atoms with Crippen molar-refractivity contribution in [1.29, 1.82) is 0 Å². The zero-order valence-corrected chi connectivity index (χ0v) is 18.7. The van der Waals surface area contributed by atoms with Gasteiger partial charge in [-0.3, -0.25) is 9.59 Å². The number of hydrogen-bond acceptors (Lipinski definition) is 3. The fraction of sp³-hybridized carbons (Fsp3) is 0.300. The van der Waals surface area contributed by atoms with Gasteiger partial charge in [0, 0.05) is 12.1 Å². The van der Waals surface area contributed by atoms with Crippen LogP contribution in [0.1, 0.15) is 24.0 Å². The summed E-state index contributed by atoms with van der Waals surface area (Å²) < 4.78 is 0. The molecule has 0 fully saturated rings. The van der Waals surface area contributed by atoms with E-state index in [0.717, 1.165) is 16.8 Å². The molecule has 2 amide bonds. The van der Waals surface area contributed by atoms with Crippen LogP contribution in [0.4, 0.5) is 11.4 Å². The first-order valence-corrected chi connectivity index (χ1v) is 10.9. The first kappa shape index (κ1) is 22.9. The number of amides is 2. The molecule has 2 aromatic carbocycles. The van der Waals surface area contributed by atoms with Crippen molar-refractivity contribution in [3.63, 3.8) is 0 Å². The number of rotatable bonds is 8. The zero-order valence-electron chi connectivity index (χ0n) is 15.6. The van der Waals surface area contributed by atoms with Crippen LogP contribution >= 0.6 is 46.6 Å². The molecule has 28 heavy (non-hydrogen) atoms. The van der Waals surface area contributed by atoms with Crippen LogP contribution in [-0.4, -0.2) is 23.3 Å². The number of carbonyl (C=O) groups is 2. The van der Waals surface area contributed by atoms with Crippen molar-refractivity contribution in [3.8, 4) is 0 Å². The van der Waals surface area contributed by atoms with Crippen LogP contribution in [0.5, 0.6) is 0 Å². The molecule has 0 heterocycles. The summed E-state index contributed by atoms with van der Waals surface area (Å²) in [5.41, 5.74) is 3.38. The number of hydrogen-bond donors (Lipinski definition) is 2. The molecular weight excluding hydrogens is 439 g/mol. The van der Waals surface area contributed by atoms with Gasteiger partial charge >= 0.3 is 0 Å². The Balaban J connectivity index is 1.69. The van der Waals surface area contributed by atoms with Crippen molar-refractivity contribution < 1.29 is 9.59 Å². The van der Waals surface area contributed by atoms with Gasteiger partial charge in [0.2, 0.25) is 11.8 Å². The van der Waals surface area contributed by atoms with Crippen molar-refractivity contribution in [3.05, 3.63) is 56.5 Å². The van der Waals surface area contributed by atoms with Gasteiger partial charge in [-0.15, -0.1) is 0 Å². The minimum absolute atomic E-state index is 0.0231. The van der Waals surface area contributed by atoms with Gasteiger partial charge in [-0.1, -0.05) is 53.0 Å². The lowest BCUT2D eigenvalue weighted by atomic mass is 10.1. The van der Waals surface area contributed by atoms with Crippen molar-refractivity contribution in [2.45, 2.75) is 26.7 Å². The van der Waals surface area contributed by atoms with Gasteiger partial charge in [0.15, 0.2) is 0 Å². The third kappa shape index (κ3) is 6.89. The van der Waals surface area contributed by atoms with E-state index in [1.165, 1.54) is 23.9 Å². The number of para-hydroxylation sites is 1. The van der Waals surface area contributed by atoms with Crippen molar-refractivity contribution in [1.82, 2.24) is 0 Å². The summed E-state index contributed by atoms with van der Waals surface area (Å²) >= 11 is 19.3. The standard InChI is InChI=1S/C20H21Cl3N2O2S/c1-12-5-3-6-13(2)20(12)25-18(26)7-4-8-28-11-19(27)24-17-10-15(22)14(21)9-16(17)23/h3,5-6,9-10H,4,7-8,11H2,1-2H3,(H,24,27)(H,25,26). The van der Waals surface area contributed by atoms with E-state index in [2.05, 4.69) is 10.6 Å². The number of thioether (sulfide) groups is 1. The fourth-order valence-corrected chi connectivity index (χ4v) is 3.86. The normalized spacial score (nSPS) is 10.6. The number of carbonyl (C=O) groups excluding carboxylic acids is 2. The van der Waals surface area contributed by atoms with E-state index in [1.807, 2.05) is 32.0 Å². The molecule has 4 nitrogen and oxygen atoms in total. The Labute approximate surface area is 184 Å². The molecule has 150 valence electrons. The smallest absolute Gasteiger partial charge is 0.234 e. The predicted molar refractivity (Wildman–Crippen MR) is 121 cm³/mol. The van der Waals surface area contributed by atoms with Gasteiger partial charge in [-0.05, 0) is 49.3 Å². The molecule has 0 radical (unpaired) electrons. The van der Waals surface area contributed by atoms with Crippen molar-refractivity contribution in [2.75, 3.05) is 22.1 Å². The van der Waals surface area contributed by atoms with E-state index in [-0.39, 0.29) is 17.6 Å².